The molecule has 1 N–H and O–H groups in total. The molecule has 0 bridgehead atoms. The average molecular weight is 233 g/mol. The van der Waals surface area contributed by atoms with Gasteiger partial charge in [0.1, 0.15) is 10.8 Å². The van der Waals surface area contributed by atoms with Crippen LogP contribution in [0.2, 0.25) is 5.02 Å². The highest BCUT2D eigenvalue weighted by Crippen LogP contribution is 2.43. The third kappa shape index (κ3) is 2.11. The van der Waals surface area contributed by atoms with Gasteiger partial charge in [-0.2, -0.15) is 0 Å². The average Bonchev–Trinajstić information content (AvgIpc) is 2.27. The van der Waals surface area contributed by atoms with Gasteiger partial charge in [0, 0.05) is 5.56 Å². The number of rotatable bonds is 4. The van der Waals surface area contributed by atoms with E-state index in [-0.39, 0.29) is 6.61 Å². The van der Waals surface area contributed by atoms with Gasteiger partial charge in [0.05, 0.1) is 27.9 Å². The number of benzene rings is 1. The number of halogens is 1. The first-order valence-electron chi connectivity index (χ1n) is 4.27. The van der Waals surface area contributed by atoms with Gasteiger partial charge in [0.25, 0.3) is 0 Å². The maximum absolute atomic E-state index is 9.12. The maximum atomic E-state index is 9.12. The second kappa shape index (κ2) is 5.09. The van der Waals surface area contributed by atoms with Gasteiger partial charge in [-0.25, -0.2) is 0 Å². The van der Waals surface area contributed by atoms with Gasteiger partial charge in [-0.05, 0) is 6.07 Å². The zero-order valence-corrected chi connectivity index (χ0v) is 9.59. The van der Waals surface area contributed by atoms with Gasteiger partial charge in [0.15, 0.2) is 11.5 Å². The molecule has 5 heteroatoms. The van der Waals surface area contributed by atoms with E-state index in [4.69, 9.17) is 30.9 Å². The topological polar surface area (TPSA) is 47.9 Å². The highest BCUT2D eigenvalue weighted by Gasteiger charge is 2.18. The molecule has 0 saturated carbocycles. The summed E-state index contributed by atoms with van der Waals surface area (Å²) in [6.07, 6.45) is 0. The van der Waals surface area contributed by atoms with Gasteiger partial charge in [-0.3, -0.25) is 0 Å². The number of ether oxygens (including phenoxy) is 3. The third-order valence-corrected chi connectivity index (χ3v) is 2.36. The van der Waals surface area contributed by atoms with Gasteiger partial charge >= 0.3 is 0 Å². The Bertz CT molecular complexity index is 322. The molecule has 0 aromatic heterocycles. The van der Waals surface area contributed by atoms with Crippen molar-refractivity contribution in [1.82, 2.24) is 0 Å². The van der Waals surface area contributed by atoms with Crippen molar-refractivity contribution in [3.63, 3.8) is 0 Å². The Labute approximate surface area is 93.3 Å². The SMILES string of the molecule is COc1cc(CO)c(OC)c(Cl)c1OC. The molecule has 0 aliphatic rings. The van der Waals surface area contributed by atoms with Crippen LogP contribution in [0.15, 0.2) is 6.07 Å². The van der Waals surface area contributed by atoms with Crippen LogP contribution in [-0.2, 0) is 6.61 Å². The quantitative estimate of drug-likeness (QED) is 0.861. The lowest BCUT2D eigenvalue weighted by Crippen LogP contribution is -1.98. The highest BCUT2D eigenvalue weighted by atomic mass is 35.5. The van der Waals surface area contributed by atoms with Crippen LogP contribution in [0.1, 0.15) is 5.56 Å². The lowest BCUT2D eigenvalue weighted by molar-refractivity contribution is 0.271. The molecular formula is C10H13ClO4. The van der Waals surface area contributed by atoms with E-state index >= 15 is 0 Å². The first kappa shape index (κ1) is 11.9. The van der Waals surface area contributed by atoms with Gasteiger partial charge in [0.2, 0.25) is 0 Å². The van der Waals surface area contributed by atoms with E-state index in [0.717, 1.165) is 0 Å². The second-order valence-corrected chi connectivity index (χ2v) is 3.15. The van der Waals surface area contributed by atoms with Gasteiger partial charge in [-0.15, -0.1) is 0 Å². The molecule has 15 heavy (non-hydrogen) atoms. The molecule has 1 rings (SSSR count). The van der Waals surface area contributed by atoms with Crippen LogP contribution in [0.5, 0.6) is 17.2 Å². The van der Waals surface area contributed by atoms with E-state index in [1.165, 1.54) is 21.3 Å². The Morgan fingerprint density at radius 2 is 1.73 bits per heavy atom. The van der Waals surface area contributed by atoms with Crippen LogP contribution in [0.3, 0.4) is 0 Å². The molecule has 0 atom stereocenters. The Balaban J connectivity index is 3.41. The number of hydrogen-bond donors (Lipinski definition) is 1. The van der Waals surface area contributed by atoms with Gasteiger partial charge < -0.3 is 19.3 Å². The maximum Gasteiger partial charge on any atom is 0.183 e. The molecular weight excluding hydrogens is 220 g/mol. The summed E-state index contributed by atoms with van der Waals surface area (Å²) >= 11 is 6.04. The summed E-state index contributed by atoms with van der Waals surface area (Å²) in [6, 6.07) is 1.63. The monoisotopic (exact) mass is 232 g/mol. The Morgan fingerprint density at radius 1 is 1.13 bits per heavy atom. The van der Waals surface area contributed by atoms with Gasteiger partial charge in [-0.1, -0.05) is 11.6 Å². The fraction of sp³-hybridized carbons (Fsp3) is 0.400. The smallest absolute Gasteiger partial charge is 0.183 e. The highest BCUT2D eigenvalue weighted by molar-refractivity contribution is 6.34. The van der Waals surface area contributed by atoms with Crippen LogP contribution in [0.4, 0.5) is 0 Å². The standard InChI is InChI=1S/C10H13ClO4/c1-13-7-4-6(5-12)9(14-2)8(11)10(7)15-3/h4,12H,5H2,1-3H3. The number of hydrogen-bond acceptors (Lipinski definition) is 4. The molecule has 0 aliphatic carbocycles. The van der Waals surface area contributed by atoms with Crippen LogP contribution < -0.4 is 14.2 Å². The third-order valence-electron chi connectivity index (χ3n) is 2.02. The van der Waals surface area contributed by atoms with E-state index in [1.54, 1.807) is 6.07 Å². The Morgan fingerprint density at radius 3 is 2.13 bits per heavy atom. The van der Waals surface area contributed by atoms with Crippen LogP contribution in [0, 0.1) is 0 Å². The summed E-state index contributed by atoms with van der Waals surface area (Å²) in [7, 11) is 4.47. The Kier molecular flexibility index (Phi) is 4.05. The fourth-order valence-electron chi connectivity index (χ4n) is 1.32. The van der Waals surface area contributed by atoms with E-state index in [9.17, 15) is 0 Å². The van der Waals surface area contributed by atoms with Crippen molar-refractivity contribution in [2.24, 2.45) is 0 Å². The first-order valence-corrected chi connectivity index (χ1v) is 4.65. The molecule has 0 radical (unpaired) electrons. The minimum atomic E-state index is -0.177. The lowest BCUT2D eigenvalue weighted by atomic mass is 10.2. The van der Waals surface area contributed by atoms with Crippen molar-refractivity contribution in [2.45, 2.75) is 6.61 Å². The number of aliphatic hydroxyl groups is 1. The van der Waals surface area contributed by atoms with Crippen LogP contribution >= 0.6 is 11.6 Å². The van der Waals surface area contributed by atoms with E-state index < -0.39 is 0 Å². The summed E-state index contributed by atoms with van der Waals surface area (Å²) in [5, 5.41) is 9.42. The molecule has 0 aliphatic heterocycles. The molecule has 1 aromatic carbocycles. The summed E-state index contributed by atoms with van der Waals surface area (Å²) < 4.78 is 15.3. The summed E-state index contributed by atoms with van der Waals surface area (Å²) in [4.78, 5) is 0. The summed E-state index contributed by atoms with van der Waals surface area (Å²) in [6.45, 7) is -0.177. The van der Waals surface area contributed by atoms with Crippen molar-refractivity contribution in [3.8, 4) is 17.2 Å². The molecule has 0 fully saturated rings. The fourth-order valence-corrected chi connectivity index (χ4v) is 1.69. The zero-order valence-electron chi connectivity index (χ0n) is 8.83. The molecule has 0 saturated heterocycles. The largest absolute Gasteiger partial charge is 0.495 e. The predicted molar refractivity (Wildman–Crippen MR) is 57.0 cm³/mol. The first-order chi connectivity index (χ1) is 7.19. The summed E-state index contributed by atoms with van der Waals surface area (Å²) in [5.41, 5.74) is 0.556. The van der Waals surface area contributed by atoms with Crippen LogP contribution in [0.25, 0.3) is 0 Å². The van der Waals surface area contributed by atoms with Crippen molar-refractivity contribution < 1.29 is 19.3 Å². The number of methoxy groups -OCH3 is 3. The minimum Gasteiger partial charge on any atom is -0.495 e. The second-order valence-electron chi connectivity index (χ2n) is 2.78. The molecule has 1 aromatic rings. The summed E-state index contributed by atoms with van der Waals surface area (Å²) in [5.74, 6) is 1.26. The minimum absolute atomic E-state index is 0.177. The van der Waals surface area contributed by atoms with E-state index in [2.05, 4.69) is 0 Å². The molecule has 84 valence electrons. The van der Waals surface area contributed by atoms with E-state index in [1.807, 2.05) is 0 Å². The molecule has 0 unspecified atom stereocenters. The molecule has 4 nitrogen and oxygen atoms in total. The molecule has 0 spiro atoms. The van der Waals surface area contributed by atoms with E-state index in [0.29, 0.717) is 27.8 Å². The zero-order chi connectivity index (χ0) is 11.4. The van der Waals surface area contributed by atoms with Crippen LogP contribution in [-0.4, -0.2) is 26.4 Å². The normalized spacial score (nSPS) is 9.93. The van der Waals surface area contributed by atoms with Crippen molar-refractivity contribution in [1.29, 1.82) is 0 Å². The lowest BCUT2D eigenvalue weighted by Gasteiger charge is -2.15. The van der Waals surface area contributed by atoms with Crippen molar-refractivity contribution >= 4 is 11.6 Å². The van der Waals surface area contributed by atoms with Crippen molar-refractivity contribution in [2.75, 3.05) is 21.3 Å². The molecule has 0 amide bonds. The Hall–Kier alpha value is -1.13. The number of aliphatic hydroxyl groups excluding tert-OH is 1. The predicted octanol–water partition coefficient (Wildman–Crippen LogP) is 1.86. The van der Waals surface area contributed by atoms with Crippen molar-refractivity contribution in [3.05, 3.63) is 16.7 Å². The molecule has 0 heterocycles.